The number of benzene rings is 7. The van der Waals surface area contributed by atoms with E-state index in [1.54, 1.807) is 0 Å². The number of para-hydroxylation sites is 2. The highest BCUT2D eigenvalue weighted by atomic mass is 15.0. The number of hydrogen-bond acceptors (Lipinski definition) is 0. The molecule has 204 valence electrons. The van der Waals surface area contributed by atoms with E-state index in [0.717, 1.165) is 6.42 Å². The highest BCUT2D eigenvalue weighted by molar-refractivity contribution is 6.10. The van der Waals surface area contributed by atoms with Gasteiger partial charge >= 0.3 is 0 Å². The van der Waals surface area contributed by atoms with Crippen molar-refractivity contribution in [3.8, 4) is 16.8 Å². The van der Waals surface area contributed by atoms with Crippen LogP contribution in [0.1, 0.15) is 22.6 Å². The van der Waals surface area contributed by atoms with Crippen molar-refractivity contribution in [3.63, 3.8) is 0 Å². The van der Waals surface area contributed by atoms with Crippen LogP contribution in [0.15, 0.2) is 170 Å². The Kier molecular flexibility index (Phi) is 6.35. The van der Waals surface area contributed by atoms with Crippen molar-refractivity contribution in [3.05, 3.63) is 187 Å². The van der Waals surface area contributed by atoms with E-state index >= 15 is 0 Å². The maximum Gasteiger partial charge on any atom is 0.0541 e. The summed E-state index contributed by atoms with van der Waals surface area (Å²) in [6.45, 7) is 0. The third kappa shape index (κ3) is 4.60. The van der Waals surface area contributed by atoms with Crippen LogP contribution < -0.4 is 0 Å². The molecule has 1 heteroatoms. The molecule has 1 atom stereocenters. The van der Waals surface area contributed by atoms with E-state index in [1.165, 1.54) is 66.1 Å². The molecule has 0 aliphatic carbocycles. The summed E-state index contributed by atoms with van der Waals surface area (Å²) in [7, 11) is 0. The van der Waals surface area contributed by atoms with Crippen LogP contribution in [0, 0.1) is 0 Å². The molecular formula is C42H31N. The molecule has 0 radical (unpaired) electrons. The van der Waals surface area contributed by atoms with Gasteiger partial charge in [0, 0.05) is 22.4 Å². The van der Waals surface area contributed by atoms with Crippen LogP contribution in [-0.4, -0.2) is 4.57 Å². The molecule has 1 aromatic heterocycles. The first-order chi connectivity index (χ1) is 21.3. The molecular weight excluding hydrogens is 518 g/mol. The van der Waals surface area contributed by atoms with Gasteiger partial charge in [-0.25, -0.2) is 0 Å². The Balaban J connectivity index is 1.17. The summed E-state index contributed by atoms with van der Waals surface area (Å²) in [5, 5.41) is 5.18. The molecule has 0 fully saturated rings. The molecule has 0 saturated carbocycles. The summed E-state index contributed by atoms with van der Waals surface area (Å²) >= 11 is 0. The van der Waals surface area contributed by atoms with Crippen molar-refractivity contribution in [2.45, 2.75) is 12.3 Å². The molecule has 0 amide bonds. The van der Waals surface area contributed by atoms with Crippen molar-refractivity contribution in [2.75, 3.05) is 0 Å². The van der Waals surface area contributed by atoms with Gasteiger partial charge < -0.3 is 4.57 Å². The Morgan fingerprint density at radius 3 is 1.88 bits per heavy atom. The SMILES string of the molecule is c1ccc(C(Cc2ccc(-c3ccc4c(c3)c3ccccc3n4-c3ccccc3)cc2)c2cccc3ccccc23)cc1. The molecule has 0 bridgehead atoms. The van der Waals surface area contributed by atoms with E-state index in [-0.39, 0.29) is 5.92 Å². The molecule has 43 heavy (non-hydrogen) atoms. The average molecular weight is 550 g/mol. The summed E-state index contributed by atoms with van der Waals surface area (Å²) in [5.74, 6) is 0.276. The van der Waals surface area contributed by atoms with Crippen molar-refractivity contribution in [1.82, 2.24) is 4.57 Å². The van der Waals surface area contributed by atoms with Gasteiger partial charge in [0.15, 0.2) is 0 Å². The molecule has 1 unspecified atom stereocenters. The molecule has 8 aromatic rings. The standard InChI is InChI=1S/C42H31N/c1-3-12-33(13-4-1)39(37-20-11-15-32-14-7-8-18-36(32)37)28-30-22-24-31(25-23-30)34-26-27-42-40(29-34)38-19-9-10-21-41(38)43(42)35-16-5-2-6-17-35/h1-27,29,39H,28H2. The molecule has 1 heterocycles. The van der Waals surface area contributed by atoms with Crippen LogP contribution in [0.2, 0.25) is 0 Å². The number of aromatic nitrogens is 1. The maximum absolute atomic E-state index is 2.37. The van der Waals surface area contributed by atoms with Gasteiger partial charge in [-0.1, -0.05) is 140 Å². The minimum atomic E-state index is 0.276. The van der Waals surface area contributed by atoms with Crippen molar-refractivity contribution < 1.29 is 0 Å². The summed E-state index contributed by atoms with van der Waals surface area (Å²) in [4.78, 5) is 0. The Morgan fingerprint density at radius 2 is 1.07 bits per heavy atom. The minimum absolute atomic E-state index is 0.276. The molecule has 0 saturated heterocycles. The fourth-order valence-corrected chi connectivity index (χ4v) is 6.72. The first-order valence-electron chi connectivity index (χ1n) is 15.0. The second kappa shape index (κ2) is 10.8. The predicted molar refractivity (Wildman–Crippen MR) is 182 cm³/mol. The average Bonchev–Trinajstić information content (AvgIpc) is 3.42. The van der Waals surface area contributed by atoms with Crippen LogP contribution >= 0.6 is 0 Å². The normalized spacial score (nSPS) is 12.2. The lowest BCUT2D eigenvalue weighted by Gasteiger charge is -2.20. The fraction of sp³-hybridized carbons (Fsp3) is 0.0476. The lowest BCUT2D eigenvalue weighted by molar-refractivity contribution is 0.812. The van der Waals surface area contributed by atoms with E-state index in [9.17, 15) is 0 Å². The van der Waals surface area contributed by atoms with E-state index in [2.05, 4.69) is 174 Å². The summed E-state index contributed by atoms with van der Waals surface area (Å²) in [6, 6.07) is 61.9. The second-order valence-corrected chi connectivity index (χ2v) is 11.4. The number of nitrogens with zero attached hydrogens (tertiary/aromatic N) is 1. The number of hydrogen-bond donors (Lipinski definition) is 0. The van der Waals surface area contributed by atoms with Gasteiger partial charge in [0.25, 0.3) is 0 Å². The Labute approximate surface area is 252 Å². The lowest BCUT2D eigenvalue weighted by Crippen LogP contribution is -2.06. The zero-order valence-electron chi connectivity index (χ0n) is 23.9. The van der Waals surface area contributed by atoms with Gasteiger partial charge in [-0.2, -0.15) is 0 Å². The Bertz CT molecular complexity index is 2180. The maximum atomic E-state index is 2.37. The summed E-state index contributed by atoms with van der Waals surface area (Å²) in [5.41, 5.74) is 10.2. The van der Waals surface area contributed by atoms with Crippen molar-refractivity contribution in [1.29, 1.82) is 0 Å². The van der Waals surface area contributed by atoms with Crippen LogP contribution in [0.3, 0.4) is 0 Å². The van der Waals surface area contributed by atoms with E-state index in [1.807, 2.05) is 0 Å². The second-order valence-electron chi connectivity index (χ2n) is 11.4. The Hall–Kier alpha value is -5.40. The Morgan fingerprint density at radius 1 is 0.442 bits per heavy atom. The highest BCUT2D eigenvalue weighted by Gasteiger charge is 2.18. The number of rotatable bonds is 6. The van der Waals surface area contributed by atoms with Gasteiger partial charge in [-0.15, -0.1) is 0 Å². The summed E-state index contributed by atoms with van der Waals surface area (Å²) < 4.78 is 2.37. The number of fused-ring (bicyclic) bond motifs is 4. The molecule has 0 aliphatic heterocycles. The van der Waals surface area contributed by atoms with Crippen LogP contribution in [-0.2, 0) is 6.42 Å². The highest BCUT2D eigenvalue weighted by Crippen LogP contribution is 2.36. The zero-order chi connectivity index (χ0) is 28.6. The summed E-state index contributed by atoms with van der Waals surface area (Å²) in [6.07, 6.45) is 0.946. The first kappa shape index (κ1) is 25.3. The van der Waals surface area contributed by atoms with Gasteiger partial charge in [-0.3, -0.25) is 0 Å². The monoisotopic (exact) mass is 549 g/mol. The van der Waals surface area contributed by atoms with Crippen molar-refractivity contribution >= 4 is 32.6 Å². The van der Waals surface area contributed by atoms with Crippen molar-refractivity contribution in [2.24, 2.45) is 0 Å². The van der Waals surface area contributed by atoms with E-state index in [0.29, 0.717) is 0 Å². The van der Waals surface area contributed by atoms with Gasteiger partial charge in [0.05, 0.1) is 11.0 Å². The van der Waals surface area contributed by atoms with Crippen LogP contribution in [0.5, 0.6) is 0 Å². The zero-order valence-corrected chi connectivity index (χ0v) is 23.9. The molecule has 8 rings (SSSR count). The van der Waals surface area contributed by atoms with E-state index in [4.69, 9.17) is 0 Å². The van der Waals surface area contributed by atoms with Gasteiger partial charge in [0.2, 0.25) is 0 Å². The molecule has 0 N–H and O–H groups in total. The molecule has 1 nitrogen and oxygen atoms in total. The first-order valence-corrected chi connectivity index (χ1v) is 15.0. The van der Waals surface area contributed by atoms with Crippen LogP contribution in [0.25, 0.3) is 49.4 Å². The van der Waals surface area contributed by atoms with Gasteiger partial charge in [0.1, 0.15) is 0 Å². The largest absolute Gasteiger partial charge is 0.309 e. The third-order valence-corrected chi connectivity index (χ3v) is 8.81. The van der Waals surface area contributed by atoms with Crippen LogP contribution in [0.4, 0.5) is 0 Å². The topological polar surface area (TPSA) is 4.93 Å². The fourth-order valence-electron chi connectivity index (χ4n) is 6.72. The quantitative estimate of drug-likeness (QED) is 0.194. The predicted octanol–water partition coefficient (Wildman–Crippen LogP) is 11.0. The molecule has 0 aliphatic rings. The lowest BCUT2D eigenvalue weighted by atomic mass is 9.83. The smallest absolute Gasteiger partial charge is 0.0541 e. The third-order valence-electron chi connectivity index (χ3n) is 8.81. The molecule has 7 aromatic carbocycles. The minimum Gasteiger partial charge on any atom is -0.309 e. The van der Waals surface area contributed by atoms with Gasteiger partial charge in [-0.05, 0) is 75.3 Å². The molecule has 0 spiro atoms. The van der Waals surface area contributed by atoms with E-state index < -0.39 is 0 Å².